The number of aliphatic hydroxyl groups excluding tert-OH is 1. The van der Waals surface area contributed by atoms with Crippen molar-refractivity contribution >= 4 is 33.3 Å². The monoisotopic (exact) mass is 565 g/mol. The second-order valence-electron chi connectivity index (χ2n) is 10.7. The van der Waals surface area contributed by atoms with Crippen LogP contribution in [0.2, 0.25) is 0 Å². The first-order valence-electron chi connectivity index (χ1n) is 13.8. The van der Waals surface area contributed by atoms with Gasteiger partial charge in [-0.3, -0.25) is 10.6 Å². The van der Waals surface area contributed by atoms with Gasteiger partial charge in [-0.15, -0.1) is 21.5 Å². The molecule has 1 saturated heterocycles. The molecule has 0 bridgehead atoms. The molecule has 3 N–H and O–H groups in total. The van der Waals surface area contributed by atoms with Gasteiger partial charge in [-0.2, -0.15) is 18.2 Å². The Labute approximate surface area is 228 Å². The maximum absolute atomic E-state index is 13.4. The zero-order valence-corrected chi connectivity index (χ0v) is 22.7. The zero-order valence-electron chi connectivity index (χ0n) is 21.9. The first-order valence-corrected chi connectivity index (χ1v) is 14.6. The molecule has 1 aliphatic carbocycles. The third kappa shape index (κ3) is 5.56. The molecule has 0 amide bonds. The van der Waals surface area contributed by atoms with Crippen LogP contribution >= 0.6 is 11.3 Å². The van der Waals surface area contributed by atoms with Crippen LogP contribution in [0, 0.1) is 0 Å². The number of rotatable bonds is 8. The summed E-state index contributed by atoms with van der Waals surface area (Å²) in [5.74, 6) is 0.649. The highest BCUT2D eigenvalue weighted by Gasteiger charge is 2.40. The smallest absolute Gasteiger partial charge is 0.365 e. The third-order valence-electron chi connectivity index (χ3n) is 7.83. The Hall–Kier alpha value is -2.55. The van der Waals surface area contributed by atoms with Crippen LogP contribution in [-0.4, -0.2) is 67.9 Å². The average molecular weight is 566 g/mol. The number of alkyl halides is 3. The SMILES string of the molecule is CCCc1cc2c(N3CCn4c(nnc4C(F)(F)F)C3)nc(N3CC[C@H](NC(O)NC4CCCC4)C3)nc2s1. The number of hydrogen-bond acceptors (Lipinski definition) is 10. The van der Waals surface area contributed by atoms with Crippen molar-refractivity contribution in [3.05, 3.63) is 22.6 Å². The van der Waals surface area contributed by atoms with Gasteiger partial charge in [-0.1, -0.05) is 26.2 Å². The highest BCUT2D eigenvalue weighted by molar-refractivity contribution is 7.18. The average Bonchev–Trinajstić information content (AvgIpc) is 3.69. The first-order chi connectivity index (χ1) is 18.8. The summed E-state index contributed by atoms with van der Waals surface area (Å²) in [6.07, 6.45) is 2.08. The molecule has 2 fully saturated rings. The Morgan fingerprint density at radius 2 is 1.85 bits per heavy atom. The molecular formula is C25H34F3N9OS. The van der Waals surface area contributed by atoms with E-state index in [4.69, 9.17) is 9.97 Å². The summed E-state index contributed by atoms with van der Waals surface area (Å²) in [6, 6.07) is 2.56. The number of anilines is 2. The van der Waals surface area contributed by atoms with Gasteiger partial charge in [0.05, 0.1) is 11.9 Å². The molecule has 2 aliphatic heterocycles. The van der Waals surface area contributed by atoms with Crippen molar-refractivity contribution < 1.29 is 18.3 Å². The lowest BCUT2D eigenvalue weighted by molar-refractivity contribution is -0.147. The van der Waals surface area contributed by atoms with E-state index in [-0.39, 0.29) is 25.0 Å². The van der Waals surface area contributed by atoms with E-state index in [1.54, 1.807) is 11.3 Å². The number of halogens is 3. The van der Waals surface area contributed by atoms with Crippen LogP contribution in [-0.2, 0) is 25.7 Å². The molecule has 6 rings (SSSR count). The molecule has 39 heavy (non-hydrogen) atoms. The van der Waals surface area contributed by atoms with Crippen LogP contribution in [0.15, 0.2) is 6.07 Å². The van der Waals surface area contributed by atoms with Crippen molar-refractivity contribution in [1.29, 1.82) is 0 Å². The van der Waals surface area contributed by atoms with Gasteiger partial charge in [0.15, 0.2) is 12.2 Å². The maximum atomic E-state index is 13.4. The minimum Gasteiger partial charge on any atom is -0.365 e. The van der Waals surface area contributed by atoms with Crippen LogP contribution in [0.4, 0.5) is 24.9 Å². The minimum absolute atomic E-state index is 0.0879. The van der Waals surface area contributed by atoms with Crippen molar-refractivity contribution in [2.45, 2.75) is 89.6 Å². The summed E-state index contributed by atoms with van der Waals surface area (Å²) < 4.78 is 41.3. The molecule has 3 aromatic heterocycles. The van der Waals surface area contributed by atoms with E-state index in [0.717, 1.165) is 59.3 Å². The number of aromatic nitrogens is 5. The van der Waals surface area contributed by atoms with Gasteiger partial charge in [0, 0.05) is 43.1 Å². The van der Waals surface area contributed by atoms with Crippen LogP contribution in [0.1, 0.15) is 62.0 Å². The zero-order chi connectivity index (χ0) is 27.1. The number of aliphatic hydroxyl groups is 1. The molecular weight excluding hydrogens is 531 g/mol. The van der Waals surface area contributed by atoms with Crippen LogP contribution in [0.3, 0.4) is 0 Å². The van der Waals surface area contributed by atoms with Gasteiger partial charge < -0.3 is 19.5 Å². The second-order valence-corrected chi connectivity index (χ2v) is 11.8. The Morgan fingerprint density at radius 1 is 1.05 bits per heavy atom. The van der Waals surface area contributed by atoms with E-state index in [0.29, 0.717) is 25.1 Å². The van der Waals surface area contributed by atoms with Crippen molar-refractivity contribution in [3.63, 3.8) is 0 Å². The predicted octanol–water partition coefficient (Wildman–Crippen LogP) is 3.25. The topological polar surface area (TPSA) is 107 Å². The molecule has 1 unspecified atom stereocenters. The number of thiophene rings is 1. The molecule has 1 saturated carbocycles. The lowest BCUT2D eigenvalue weighted by Crippen LogP contribution is -2.51. The molecule has 3 aliphatic rings. The van der Waals surface area contributed by atoms with Crippen molar-refractivity contribution in [3.8, 4) is 0 Å². The second kappa shape index (κ2) is 10.8. The number of hydrogen-bond donors (Lipinski definition) is 3. The van der Waals surface area contributed by atoms with Gasteiger partial charge in [0.2, 0.25) is 11.8 Å². The fraction of sp³-hybridized carbons (Fsp3) is 0.680. The minimum atomic E-state index is -4.54. The number of aryl methyl sites for hydroxylation is 1. The Kier molecular flexibility index (Phi) is 7.37. The summed E-state index contributed by atoms with van der Waals surface area (Å²) in [6.45, 7) is 4.22. The Bertz CT molecular complexity index is 1310. The number of nitrogens with zero attached hydrogens (tertiary/aromatic N) is 7. The van der Waals surface area contributed by atoms with Crippen LogP contribution in [0.25, 0.3) is 10.2 Å². The van der Waals surface area contributed by atoms with E-state index < -0.39 is 18.4 Å². The summed E-state index contributed by atoms with van der Waals surface area (Å²) >= 11 is 1.64. The highest BCUT2D eigenvalue weighted by atomic mass is 32.1. The van der Waals surface area contributed by atoms with E-state index in [1.165, 1.54) is 17.7 Å². The van der Waals surface area contributed by atoms with Crippen molar-refractivity contribution in [2.75, 3.05) is 29.4 Å². The molecule has 2 atom stereocenters. The van der Waals surface area contributed by atoms with E-state index in [1.807, 2.05) is 4.90 Å². The summed E-state index contributed by atoms with van der Waals surface area (Å²) in [5, 5.41) is 25.3. The Morgan fingerprint density at radius 3 is 2.62 bits per heavy atom. The molecule has 5 heterocycles. The fourth-order valence-electron chi connectivity index (χ4n) is 5.91. The first kappa shape index (κ1) is 26.7. The van der Waals surface area contributed by atoms with Gasteiger partial charge in [-0.05, 0) is 31.7 Å². The molecule has 10 nitrogen and oxygen atoms in total. The highest BCUT2D eigenvalue weighted by Crippen LogP contribution is 2.36. The lowest BCUT2D eigenvalue weighted by atomic mass is 10.2. The number of nitrogens with one attached hydrogen (secondary N) is 2. The standard InChI is InChI=1S/C25H34F3N9OS/c1-2-5-17-12-18-20(35-10-11-37-19(14-35)33-34-22(37)25(26,27)28)31-23(32-21(18)39-17)36-9-8-16(13-36)30-24(38)29-15-6-3-4-7-15/h12,15-16,24,29-30,38H,2-11,13-14H2,1H3/t16-,24?/m0/s1. The van der Waals surface area contributed by atoms with Crippen LogP contribution in [0.5, 0.6) is 0 Å². The molecule has 14 heteroatoms. The molecule has 212 valence electrons. The normalized spacial score (nSPS) is 21.3. The van der Waals surface area contributed by atoms with Gasteiger partial charge >= 0.3 is 6.18 Å². The van der Waals surface area contributed by atoms with Crippen molar-refractivity contribution in [1.82, 2.24) is 35.4 Å². The van der Waals surface area contributed by atoms with Gasteiger partial charge in [0.1, 0.15) is 10.6 Å². The lowest BCUT2D eigenvalue weighted by Gasteiger charge is -2.30. The summed E-state index contributed by atoms with van der Waals surface area (Å²) in [4.78, 5) is 16.1. The predicted molar refractivity (Wildman–Crippen MR) is 143 cm³/mol. The van der Waals surface area contributed by atoms with E-state index in [2.05, 4.69) is 38.7 Å². The fourth-order valence-corrected chi connectivity index (χ4v) is 7.03. The maximum Gasteiger partial charge on any atom is 0.451 e. The third-order valence-corrected chi connectivity index (χ3v) is 8.92. The van der Waals surface area contributed by atoms with Crippen LogP contribution < -0.4 is 20.4 Å². The van der Waals surface area contributed by atoms with Gasteiger partial charge in [-0.25, -0.2) is 4.98 Å². The number of fused-ring (bicyclic) bond motifs is 2. The molecule has 0 aromatic carbocycles. The molecule has 0 radical (unpaired) electrons. The van der Waals surface area contributed by atoms with Crippen molar-refractivity contribution in [2.24, 2.45) is 0 Å². The molecule has 3 aromatic rings. The largest absolute Gasteiger partial charge is 0.451 e. The van der Waals surface area contributed by atoms with E-state index >= 15 is 0 Å². The van der Waals surface area contributed by atoms with Gasteiger partial charge in [0.25, 0.3) is 0 Å². The van der Waals surface area contributed by atoms with E-state index in [9.17, 15) is 18.3 Å². The quantitative estimate of drug-likeness (QED) is 0.355. The Balaban J connectivity index is 1.23. The summed E-state index contributed by atoms with van der Waals surface area (Å²) in [7, 11) is 0. The summed E-state index contributed by atoms with van der Waals surface area (Å²) in [5.41, 5.74) is 0. The molecule has 0 spiro atoms.